The number of fused-ring (bicyclic) bond motifs is 1. The largest absolute Gasteiger partial charge is 0.206 e. The number of unbranched alkanes of at least 4 members (excludes halogenated alkanes) is 1. The summed E-state index contributed by atoms with van der Waals surface area (Å²) in [6.45, 7) is 4.21. The first-order valence-corrected chi connectivity index (χ1v) is 12.1. The molecular weight excluding hydrogens is 403 g/mol. The molecule has 0 atom stereocenters. The summed E-state index contributed by atoms with van der Waals surface area (Å²) in [4.78, 5) is 0. The lowest BCUT2D eigenvalue weighted by molar-refractivity contribution is 0.624. The van der Waals surface area contributed by atoms with Crippen LogP contribution < -0.4 is 0 Å². The van der Waals surface area contributed by atoms with E-state index in [0.717, 1.165) is 34.9 Å². The van der Waals surface area contributed by atoms with E-state index >= 15 is 0 Å². The molecule has 4 aromatic carbocycles. The predicted molar refractivity (Wildman–Crippen MR) is 138 cm³/mol. The molecule has 0 aliphatic heterocycles. The van der Waals surface area contributed by atoms with Crippen LogP contribution in [-0.4, -0.2) is 0 Å². The maximum absolute atomic E-state index is 14.5. The van der Waals surface area contributed by atoms with Crippen molar-refractivity contribution < 1.29 is 4.39 Å². The normalized spacial score (nSPS) is 10.8. The SMILES string of the molecule is CCCCc1ccc(CCc2ccc(C#Cc3ccc4c(F)c(CC)ccc4c3)cc2)cc1. The van der Waals surface area contributed by atoms with Gasteiger partial charge in [0.15, 0.2) is 0 Å². The summed E-state index contributed by atoms with van der Waals surface area (Å²) >= 11 is 0. The number of benzene rings is 4. The average Bonchev–Trinajstić information content (AvgIpc) is 2.86. The van der Waals surface area contributed by atoms with E-state index in [1.54, 1.807) is 0 Å². The van der Waals surface area contributed by atoms with E-state index in [-0.39, 0.29) is 5.82 Å². The van der Waals surface area contributed by atoms with Crippen molar-refractivity contribution in [1.82, 2.24) is 0 Å². The minimum absolute atomic E-state index is 0.113. The first-order chi connectivity index (χ1) is 16.2. The van der Waals surface area contributed by atoms with Crippen molar-refractivity contribution in [3.8, 4) is 11.8 Å². The molecule has 0 fully saturated rings. The zero-order valence-corrected chi connectivity index (χ0v) is 19.6. The maximum Gasteiger partial charge on any atom is 0.134 e. The van der Waals surface area contributed by atoms with Crippen molar-refractivity contribution in [2.45, 2.75) is 52.4 Å². The summed E-state index contributed by atoms with van der Waals surface area (Å²) in [7, 11) is 0. The Kier molecular flexibility index (Phi) is 7.59. The van der Waals surface area contributed by atoms with E-state index in [0.29, 0.717) is 11.8 Å². The molecule has 0 amide bonds. The number of halogens is 1. The molecule has 0 nitrogen and oxygen atoms in total. The van der Waals surface area contributed by atoms with Crippen LogP contribution in [0, 0.1) is 17.7 Å². The van der Waals surface area contributed by atoms with Crippen LogP contribution in [0.4, 0.5) is 4.39 Å². The summed E-state index contributed by atoms with van der Waals surface area (Å²) in [5.74, 6) is 6.36. The van der Waals surface area contributed by atoms with Gasteiger partial charge in [-0.25, -0.2) is 4.39 Å². The topological polar surface area (TPSA) is 0 Å². The second kappa shape index (κ2) is 11.0. The Morgan fingerprint density at radius 1 is 0.636 bits per heavy atom. The summed E-state index contributed by atoms with van der Waals surface area (Å²) in [5.41, 5.74) is 6.79. The fraction of sp³-hybridized carbons (Fsp3) is 0.250. The number of hydrogen-bond donors (Lipinski definition) is 0. The second-order valence-electron chi connectivity index (χ2n) is 8.70. The van der Waals surface area contributed by atoms with E-state index in [4.69, 9.17) is 0 Å². The highest BCUT2D eigenvalue weighted by molar-refractivity contribution is 5.85. The van der Waals surface area contributed by atoms with Gasteiger partial charge in [0.1, 0.15) is 5.82 Å². The standard InChI is InChI=1S/C32H31F/c1-3-5-6-24-7-9-25(10-8-24)11-12-26-13-15-27(16-14-26)17-18-28-19-22-31-30(23-28)21-20-29(4-2)32(31)33/h7-10,13-16,19-23H,3-6,11-12H2,1-2H3. The van der Waals surface area contributed by atoms with Crippen LogP contribution in [0.3, 0.4) is 0 Å². The van der Waals surface area contributed by atoms with Crippen LogP contribution in [0.25, 0.3) is 10.8 Å². The quantitative estimate of drug-likeness (QED) is 0.258. The Balaban J connectivity index is 1.38. The van der Waals surface area contributed by atoms with Gasteiger partial charge in [0.2, 0.25) is 0 Å². The molecule has 0 N–H and O–H groups in total. The van der Waals surface area contributed by atoms with Crippen molar-refractivity contribution in [1.29, 1.82) is 0 Å². The summed E-state index contributed by atoms with van der Waals surface area (Å²) < 4.78 is 14.5. The Hall–Kier alpha value is -3.37. The summed E-state index contributed by atoms with van der Waals surface area (Å²) in [6, 6.07) is 27.1. The van der Waals surface area contributed by atoms with Gasteiger partial charge in [0.05, 0.1) is 0 Å². The lowest BCUT2D eigenvalue weighted by Gasteiger charge is -2.05. The summed E-state index contributed by atoms with van der Waals surface area (Å²) in [5, 5.41) is 1.56. The summed E-state index contributed by atoms with van der Waals surface area (Å²) in [6.07, 6.45) is 6.45. The lowest BCUT2D eigenvalue weighted by Crippen LogP contribution is -1.92. The van der Waals surface area contributed by atoms with Gasteiger partial charge in [0, 0.05) is 16.5 Å². The van der Waals surface area contributed by atoms with Gasteiger partial charge in [-0.3, -0.25) is 0 Å². The highest BCUT2D eigenvalue weighted by atomic mass is 19.1. The fourth-order valence-corrected chi connectivity index (χ4v) is 4.13. The van der Waals surface area contributed by atoms with E-state index in [2.05, 4.69) is 67.3 Å². The highest BCUT2D eigenvalue weighted by Crippen LogP contribution is 2.22. The van der Waals surface area contributed by atoms with Crippen molar-refractivity contribution in [3.63, 3.8) is 0 Å². The molecule has 4 aromatic rings. The third-order valence-electron chi connectivity index (χ3n) is 6.26. The second-order valence-corrected chi connectivity index (χ2v) is 8.70. The molecule has 0 aliphatic carbocycles. The Bertz CT molecular complexity index is 1270. The number of hydrogen-bond acceptors (Lipinski definition) is 0. The molecule has 0 spiro atoms. The van der Waals surface area contributed by atoms with Crippen LogP contribution in [0.15, 0.2) is 78.9 Å². The predicted octanol–water partition coefficient (Wildman–Crippen LogP) is 8.07. The molecule has 0 aromatic heterocycles. The van der Waals surface area contributed by atoms with Gasteiger partial charge >= 0.3 is 0 Å². The zero-order valence-electron chi connectivity index (χ0n) is 19.6. The molecule has 0 aliphatic rings. The molecule has 0 radical (unpaired) electrons. The lowest BCUT2D eigenvalue weighted by atomic mass is 10.0. The van der Waals surface area contributed by atoms with Crippen molar-refractivity contribution in [3.05, 3.63) is 118 Å². The minimum atomic E-state index is -0.113. The van der Waals surface area contributed by atoms with Crippen LogP contribution >= 0.6 is 0 Å². The van der Waals surface area contributed by atoms with Crippen LogP contribution in [0.1, 0.15) is 60.1 Å². The van der Waals surface area contributed by atoms with Crippen LogP contribution in [0.5, 0.6) is 0 Å². The van der Waals surface area contributed by atoms with Gasteiger partial charge in [-0.1, -0.05) is 86.7 Å². The monoisotopic (exact) mass is 434 g/mol. The molecule has 1 heteroatoms. The van der Waals surface area contributed by atoms with Gasteiger partial charge in [-0.15, -0.1) is 0 Å². The Morgan fingerprint density at radius 2 is 1.21 bits per heavy atom. The first kappa shape index (κ1) is 22.8. The van der Waals surface area contributed by atoms with E-state index < -0.39 is 0 Å². The smallest absolute Gasteiger partial charge is 0.134 e. The molecule has 33 heavy (non-hydrogen) atoms. The van der Waals surface area contributed by atoms with E-state index in [1.807, 2.05) is 37.3 Å². The highest BCUT2D eigenvalue weighted by Gasteiger charge is 2.06. The fourth-order valence-electron chi connectivity index (χ4n) is 4.13. The first-order valence-electron chi connectivity index (χ1n) is 12.1. The zero-order chi connectivity index (χ0) is 23.0. The molecule has 0 heterocycles. The third-order valence-corrected chi connectivity index (χ3v) is 6.26. The molecule has 0 bridgehead atoms. The number of rotatable bonds is 7. The van der Waals surface area contributed by atoms with Crippen molar-refractivity contribution in [2.24, 2.45) is 0 Å². The third kappa shape index (κ3) is 5.91. The molecular formula is C32H31F. The molecule has 0 saturated carbocycles. The van der Waals surface area contributed by atoms with E-state index in [9.17, 15) is 4.39 Å². The molecule has 166 valence electrons. The molecule has 0 unspecified atom stereocenters. The van der Waals surface area contributed by atoms with Crippen molar-refractivity contribution in [2.75, 3.05) is 0 Å². The van der Waals surface area contributed by atoms with Gasteiger partial charge in [-0.05, 0) is 84.0 Å². The minimum Gasteiger partial charge on any atom is -0.206 e. The maximum atomic E-state index is 14.5. The Labute approximate surface area is 197 Å². The average molecular weight is 435 g/mol. The molecule has 0 saturated heterocycles. The van der Waals surface area contributed by atoms with Crippen molar-refractivity contribution >= 4 is 10.8 Å². The van der Waals surface area contributed by atoms with Crippen LogP contribution in [-0.2, 0) is 25.7 Å². The van der Waals surface area contributed by atoms with E-state index in [1.165, 1.54) is 36.0 Å². The van der Waals surface area contributed by atoms with Gasteiger partial charge in [-0.2, -0.15) is 0 Å². The van der Waals surface area contributed by atoms with Gasteiger partial charge < -0.3 is 0 Å². The Morgan fingerprint density at radius 3 is 1.85 bits per heavy atom. The van der Waals surface area contributed by atoms with Crippen LogP contribution in [0.2, 0.25) is 0 Å². The number of aryl methyl sites for hydroxylation is 4. The van der Waals surface area contributed by atoms with Gasteiger partial charge in [0.25, 0.3) is 0 Å². The molecule has 4 rings (SSSR count).